The summed E-state index contributed by atoms with van der Waals surface area (Å²) in [4.78, 5) is 14.3. The minimum atomic E-state index is -0.349. The summed E-state index contributed by atoms with van der Waals surface area (Å²) in [7, 11) is 0. The Balaban J connectivity index is 1.43. The molecular formula is C17H24FN3O2. The van der Waals surface area contributed by atoms with Crippen LogP contribution < -0.4 is 16.0 Å². The van der Waals surface area contributed by atoms with Crippen LogP contribution in [0.5, 0.6) is 0 Å². The molecule has 3 N–H and O–H groups in total. The third kappa shape index (κ3) is 4.00. The van der Waals surface area contributed by atoms with Gasteiger partial charge in [-0.3, -0.25) is 4.79 Å². The van der Waals surface area contributed by atoms with E-state index < -0.39 is 0 Å². The molecule has 2 aliphatic rings. The normalized spacial score (nSPS) is 27.4. The van der Waals surface area contributed by atoms with Gasteiger partial charge in [-0.05, 0) is 49.4 Å². The molecule has 2 saturated heterocycles. The van der Waals surface area contributed by atoms with Gasteiger partial charge >= 0.3 is 0 Å². The van der Waals surface area contributed by atoms with E-state index >= 15 is 0 Å². The first-order valence-electron chi connectivity index (χ1n) is 8.29. The van der Waals surface area contributed by atoms with Gasteiger partial charge in [-0.25, -0.2) is 4.39 Å². The topological polar surface area (TPSA) is 67.6 Å². The molecule has 1 amide bonds. The fourth-order valence-corrected chi connectivity index (χ4v) is 3.32. The van der Waals surface area contributed by atoms with Crippen molar-refractivity contribution in [3.8, 4) is 0 Å². The third-order valence-electron chi connectivity index (χ3n) is 4.71. The Morgan fingerprint density at radius 1 is 1.30 bits per heavy atom. The Labute approximate surface area is 136 Å². The monoisotopic (exact) mass is 321 g/mol. The number of hydrogen-bond acceptors (Lipinski definition) is 4. The Bertz CT molecular complexity index is 537. The summed E-state index contributed by atoms with van der Waals surface area (Å²) >= 11 is 0. The molecular weight excluding hydrogens is 297 g/mol. The van der Waals surface area contributed by atoms with Crippen LogP contribution in [0.3, 0.4) is 0 Å². The number of carbonyl (C=O) groups is 1. The van der Waals surface area contributed by atoms with Gasteiger partial charge in [-0.2, -0.15) is 0 Å². The minimum Gasteiger partial charge on any atom is -0.371 e. The van der Waals surface area contributed by atoms with Crippen LogP contribution in [0, 0.1) is 11.7 Å². The number of hydrogen-bond donors (Lipinski definition) is 2. The molecule has 0 spiro atoms. The zero-order valence-corrected chi connectivity index (χ0v) is 13.2. The molecule has 0 radical (unpaired) electrons. The number of anilines is 1. The average Bonchev–Trinajstić information content (AvgIpc) is 3.22. The van der Waals surface area contributed by atoms with E-state index in [0.717, 1.165) is 38.0 Å². The zero-order valence-electron chi connectivity index (χ0n) is 13.2. The number of rotatable bonds is 5. The highest BCUT2D eigenvalue weighted by Crippen LogP contribution is 2.24. The second-order valence-corrected chi connectivity index (χ2v) is 6.38. The number of nitrogens with one attached hydrogen (secondary N) is 1. The van der Waals surface area contributed by atoms with Crippen molar-refractivity contribution in [2.75, 3.05) is 31.1 Å². The standard InChI is InChI=1S/C17H24FN3O2/c18-13-1-3-14(4-2-13)21-8-7-12(11-21)10-20-17(22)16-6-5-15(9-19)23-16/h1-4,12,15-16H,5-11,19H2,(H,20,22)/t12?,15-,16+/m1/s1. The molecule has 1 aromatic rings. The Morgan fingerprint density at radius 2 is 2.09 bits per heavy atom. The van der Waals surface area contributed by atoms with Crippen molar-refractivity contribution < 1.29 is 13.9 Å². The lowest BCUT2D eigenvalue weighted by atomic mass is 10.1. The fraction of sp³-hybridized carbons (Fsp3) is 0.588. The van der Waals surface area contributed by atoms with E-state index in [0.29, 0.717) is 19.0 Å². The fourth-order valence-electron chi connectivity index (χ4n) is 3.32. The van der Waals surface area contributed by atoms with Crippen molar-refractivity contribution in [2.24, 2.45) is 11.7 Å². The van der Waals surface area contributed by atoms with Gasteiger partial charge in [0.15, 0.2) is 0 Å². The van der Waals surface area contributed by atoms with E-state index in [1.807, 2.05) is 0 Å². The van der Waals surface area contributed by atoms with Gasteiger partial charge < -0.3 is 20.7 Å². The Kier molecular flexibility index (Phi) is 5.13. The second kappa shape index (κ2) is 7.27. The number of benzene rings is 1. The van der Waals surface area contributed by atoms with E-state index in [2.05, 4.69) is 10.2 Å². The Morgan fingerprint density at radius 3 is 2.78 bits per heavy atom. The predicted octanol–water partition coefficient (Wildman–Crippen LogP) is 1.27. The summed E-state index contributed by atoms with van der Waals surface area (Å²) in [5.41, 5.74) is 6.60. The SMILES string of the molecule is NC[C@H]1CC[C@@H](C(=O)NCC2CCN(c3ccc(F)cc3)C2)O1. The molecule has 0 bridgehead atoms. The molecule has 23 heavy (non-hydrogen) atoms. The van der Waals surface area contributed by atoms with Crippen LogP contribution in [0.4, 0.5) is 10.1 Å². The molecule has 2 fully saturated rings. The molecule has 0 saturated carbocycles. The van der Waals surface area contributed by atoms with Crippen molar-refractivity contribution in [2.45, 2.75) is 31.5 Å². The summed E-state index contributed by atoms with van der Waals surface area (Å²) in [6.45, 7) is 2.94. The summed E-state index contributed by atoms with van der Waals surface area (Å²) < 4.78 is 18.6. The molecule has 1 aromatic carbocycles. The molecule has 2 aliphatic heterocycles. The minimum absolute atomic E-state index is 0.0196. The first-order chi connectivity index (χ1) is 11.2. The zero-order chi connectivity index (χ0) is 16.2. The summed E-state index contributed by atoms with van der Waals surface area (Å²) in [5, 5.41) is 3.00. The second-order valence-electron chi connectivity index (χ2n) is 6.38. The van der Waals surface area contributed by atoms with E-state index in [1.54, 1.807) is 12.1 Å². The van der Waals surface area contributed by atoms with E-state index in [4.69, 9.17) is 10.5 Å². The van der Waals surface area contributed by atoms with Crippen molar-refractivity contribution >= 4 is 11.6 Å². The quantitative estimate of drug-likeness (QED) is 0.857. The van der Waals surface area contributed by atoms with Crippen LogP contribution in [-0.2, 0) is 9.53 Å². The van der Waals surface area contributed by atoms with E-state index in [9.17, 15) is 9.18 Å². The first-order valence-corrected chi connectivity index (χ1v) is 8.29. The van der Waals surface area contributed by atoms with Crippen LogP contribution in [-0.4, -0.2) is 44.3 Å². The summed E-state index contributed by atoms with van der Waals surface area (Å²) in [6.07, 6.45) is 2.30. The highest BCUT2D eigenvalue weighted by atomic mass is 19.1. The van der Waals surface area contributed by atoms with Crippen molar-refractivity contribution in [3.63, 3.8) is 0 Å². The van der Waals surface area contributed by atoms with E-state index in [1.165, 1.54) is 12.1 Å². The van der Waals surface area contributed by atoms with Crippen molar-refractivity contribution in [1.29, 1.82) is 0 Å². The lowest BCUT2D eigenvalue weighted by Gasteiger charge is -2.19. The van der Waals surface area contributed by atoms with Gasteiger partial charge in [0.25, 0.3) is 0 Å². The van der Waals surface area contributed by atoms with Gasteiger partial charge in [0.2, 0.25) is 5.91 Å². The van der Waals surface area contributed by atoms with Crippen LogP contribution in [0.25, 0.3) is 0 Å². The van der Waals surface area contributed by atoms with Crippen LogP contribution in [0.2, 0.25) is 0 Å². The third-order valence-corrected chi connectivity index (χ3v) is 4.71. The first kappa shape index (κ1) is 16.2. The van der Waals surface area contributed by atoms with Gasteiger partial charge in [-0.15, -0.1) is 0 Å². The smallest absolute Gasteiger partial charge is 0.249 e. The van der Waals surface area contributed by atoms with E-state index in [-0.39, 0.29) is 23.9 Å². The number of carbonyl (C=O) groups excluding carboxylic acids is 1. The summed E-state index contributed by atoms with van der Waals surface area (Å²) in [5.74, 6) is 0.168. The lowest BCUT2D eigenvalue weighted by molar-refractivity contribution is -0.132. The highest BCUT2D eigenvalue weighted by molar-refractivity contribution is 5.81. The maximum atomic E-state index is 13.0. The molecule has 3 rings (SSSR count). The Hall–Kier alpha value is -1.66. The predicted molar refractivity (Wildman–Crippen MR) is 86.7 cm³/mol. The molecule has 0 aromatic heterocycles. The van der Waals surface area contributed by atoms with Gasteiger partial charge in [-0.1, -0.05) is 0 Å². The number of nitrogens with zero attached hydrogens (tertiary/aromatic N) is 1. The molecule has 6 heteroatoms. The van der Waals surface area contributed by atoms with Gasteiger partial charge in [0, 0.05) is 31.9 Å². The molecule has 3 atom stereocenters. The molecule has 5 nitrogen and oxygen atoms in total. The molecule has 0 aliphatic carbocycles. The van der Waals surface area contributed by atoms with Crippen LogP contribution >= 0.6 is 0 Å². The number of halogens is 1. The largest absolute Gasteiger partial charge is 0.371 e. The summed E-state index contributed by atoms with van der Waals surface area (Å²) in [6, 6.07) is 6.57. The molecule has 2 heterocycles. The highest BCUT2D eigenvalue weighted by Gasteiger charge is 2.30. The van der Waals surface area contributed by atoms with Crippen LogP contribution in [0.1, 0.15) is 19.3 Å². The molecule has 1 unspecified atom stereocenters. The van der Waals surface area contributed by atoms with Gasteiger partial charge in [0.05, 0.1) is 6.10 Å². The maximum absolute atomic E-state index is 13.0. The molecule has 126 valence electrons. The van der Waals surface area contributed by atoms with Crippen molar-refractivity contribution in [1.82, 2.24) is 5.32 Å². The lowest BCUT2D eigenvalue weighted by Crippen LogP contribution is -2.38. The van der Waals surface area contributed by atoms with Gasteiger partial charge in [0.1, 0.15) is 11.9 Å². The maximum Gasteiger partial charge on any atom is 0.249 e. The van der Waals surface area contributed by atoms with Crippen molar-refractivity contribution in [3.05, 3.63) is 30.1 Å². The van der Waals surface area contributed by atoms with Crippen LogP contribution in [0.15, 0.2) is 24.3 Å². The number of ether oxygens (including phenoxy) is 1. The average molecular weight is 321 g/mol. The number of amides is 1. The number of nitrogens with two attached hydrogens (primary N) is 1.